The highest BCUT2D eigenvalue weighted by Gasteiger charge is 2.07. The largest absolute Gasteiger partial charge is 0.546 e. The van der Waals surface area contributed by atoms with E-state index in [0.29, 0.717) is 5.75 Å². The maximum absolute atomic E-state index is 10.4. The molecule has 102 valence electrons. The lowest BCUT2D eigenvalue weighted by Gasteiger charge is -2.23. The van der Waals surface area contributed by atoms with Gasteiger partial charge >= 0.3 is 0 Å². The molecule has 0 atom stereocenters. The van der Waals surface area contributed by atoms with Crippen LogP contribution < -0.4 is 9.84 Å². The molecule has 0 N–H and O–H groups in total. The van der Waals surface area contributed by atoms with Gasteiger partial charge in [0, 0.05) is 18.7 Å². The number of hydrazone groups is 1. The van der Waals surface area contributed by atoms with Crippen LogP contribution in [0, 0.1) is 0 Å². The second-order valence-electron chi connectivity index (χ2n) is 4.46. The van der Waals surface area contributed by atoms with Gasteiger partial charge in [-0.3, -0.25) is 5.01 Å². The monoisotopic (exact) mass is 261 g/mol. The zero-order valence-electron chi connectivity index (χ0n) is 10.7. The van der Waals surface area contributed by atoms with E-state index in [1.807, 2.05) is 17.1 Å². The van der Waals surface area contributed by atoms with Crippen LogP contribution in [0.25, 0.3) is 0 Å². The molecule has 19 heavy (non-hydrogen) atoms. The van der Waals surface area contributed by atoms with Gasteiger partial charge in [0.15, 0.2) is 0 Å². The summed E-state index contributed by atoms with van der Waals surface area (Å²) in [6.07, 6.45) is 5.31. The van der Waals surface area contributed by atoms with E-state index in [1.165, 1.54) is 19.3 Å². The topological polar surface area (TPSA) is 65.0 Å². The van der Waals surface area contributed by atoms with E-state index in [2.05, 4.69) is 5.10 Å². The highest BCUT2D eigenvalue weighted by molar-refractivity contribution is 5.83. The number of carbonyl (C=O) groups is 1. The molecule has 1 aromatic carbocycles. The molecule has 0 saturated carbocycles. The molecule has 0 amide bonds. The quantitative estimate of drug-likeness (QED) is 0.729. The number of hydrogen-bond acceptors (Lipinski definition) is 5. The van der Waals surface area contributed by atoms with E-state index < -0.39 is 12.6 Å². The average molecular weight is 261 g/mol. The van der Waals surface area contributed by atoms with Crippen molar-refractivity contribution in [1.29, 1.82) is 0 Å². The minimum absolute atomic E-state index is 0.450. The maximum atomic E-state index is 10.4. The first kappa shape index (κ1) is 13.4. The second-order valence-corrected chi connectivity index (χ2v) is 4.46. The molecule has 1 aliphatic heterocycles. The predicted molar refractivity (Wildman–Crippen MR) is 70.0 cm³/mol. The van der Waals surface area contributed by atoms with Gasteiger partial charge in [-0.15, -0.1) is 0 Å². The molecule has 0 unspecified atom stereocenters. The fourth-order valence-corrected chi connectivity index (χ4v) is 1.99. The maximum Gasteiger partial charge on any atom is 0.128 e. The van der Waals surface area contributed by atoms with Crippen molar-refractivity contribution in [3.8, 4) is 5.75 Å². The number of benzene rings is 1. The van der Waals surface area contributed by atoms with Crippen LogP contribution in [0.2, 0.25) is 0 Å². The van der Waals surface area contributed by atoms with Gasteiger partial charge in [0.05, 0.1) is 12.2 Å². The molecule has 1 heterocycles. The van der Waals surface area contributed by atoms with Gasteiger partial charge < -0.3 is 14.6 Å². The second kappa shape index (κ2) is 6.78. The summed E-state index contributed by atoms with van der Waals surface area (Å²) < 4.78 is 5.17. The summed E-state index contributed by atoms with van der Waals surface area (Å²) in [7, 11) is 0. The van der Waals surface area contributed by atoms with E-state index in [1.54, 1.807) is 18.3 Å². The Bertz CT molecular complexity index is 454. The van der Waals surface area contributed by atoms with E-state index in [-0.39, 0.29) is 0 Å². The highest BCUT2D eigenvalue weighted by Crippen LogP contribution is 2.16. The minimum atomic E-state index is -1.23. The van der Waals surface area contributed by atoms with Crippen molar-refractivity contribution in [1.82, 2.24) is 5.01 Å². The number of para-hydroxylation sites is 1. The zero-order chi connectivity index (χ0) is 13.5. The summed E-state index contributed by atoms with van der Waals surface area (Å²) >= 11 is 0. The van der Waals surface area contributed by atoms with Gasteiger partial charge in [-0.05, 0) is 31.4 Å². The molecule has 0 spiro atoms. The summed E-state index contributed by atoms with van der Waals surface area (Å²) in [4.78, 5) is 10.4. The third-order valence-corrected chi connectivity index (χ3v) is 2.96. The van der Waals surface area contributed by atoms with Crippen LogP contribution in [0.5, 0.6) is 5.75 Å². The molecule has 5 nitrogen and oxygen atoms in total. The first-order valence-corrected chi connectivity index (χ1v) is 6.46. The lowest BCUT2D eigenvalue weighted by molar-refractivity contribution is -0.307. The van der Waals surface area contributed by atoms with E-state index in [9.17, 15) is 9.90 Å². The zero-order valence-corrected chi connectivity index (χ0v) is 10.7. The normalized spacial score (nSPS) is 15.7. The number of aliphatic carboxylic acids is 1. The summed E-state index contributed by atoms with van der Waals surface area (Å²) in [6, 6.07) is 7.23. The Balaban J connectivity index is 2.01. The van der Waals surface area contributed by atoms with Gasteiger partial charge in [-0.25, -0.2) is 0 Å². The van der Waals surface area contributed by atoms with Crippen LogP contribution in [-0.4, -0.2) is 36.9 Å². The van der Waals surface area contributed by atoms with Crippen molar-refractivity contribution in [2.75, 3.05) is 19.7 Å². The van der Waals surface area contributed by atoms with Crippen LogP contribution in [0.3, 0.4) is 0 Å². The number of carboxylic acids is 1. The third kappa shape index (κ3) is 4.28. The molecule has 5 heteroatoms. The van der Waals surface area contributed by atoms with E-state index in [0.717, 1.165) is 18.7 Å². The predicted octanol–water partition coefficient (Wildman–Crippen LogP) is 0.635. The third-order valence-electron chi connectivity index (χ3n) is 2.96. The average Bonchev–Trinajstić information content (AvgIpc) is 2.45. The van der Waals surface area contributed by atoms with Crippen LogP contribution in [-0.2, 0) is 4.79 Å². The Labute approximate surface area is 112 Å². The molecular weight excluding hydrogens is 244 g/mol. The van der Waals surface area contributed by atoms with E-state index >= 15 is 0 Å². The fourth-order valence-electron chi connectivity index (χ4n) is 1.99. The molecular formula is C14H17N2O3-. The van der Waals surface area contributed by atoms with Gasteiger partial charge in [0.1, 0.15) is 12.4 Å². The van der Waals surface area contributed by atoms with E-state index in [4.69, 9.17) is 4.74 Å². The van der Waals surface area contributed by atoms with Crippen LogP contribution in [0.15, 0.2) is 29.4 Å². The molecule has 0 bridgehead atoms. The van der Waals surface area contributed by atoms with Crippen LogP contribution >= 0.6 is 0 Å². The number of ether oxygens (including phenoxy) is 1. The summed E-state index contributed by atoms with van der Waals surface area (Å²) in [6.45, 7) is 1.49. The van der Waals surface area contributed by atoms with Crippen LogP contribution in [0.1, 0.15) is 24.8 Å². The van der Waals surface area contributed by atoms with Gasteiger partial charge in [0.25, 0.3) is 0 Å². The number of hydrogen-bond donors (Lipinski definition) is 0. The lowest BCUT2D eigenvalue weighted by atomic mass is 10.2. The highest BCUT2D eigenvalue weighted by atomic mass is 16.5. The standard InChI is InChI=1S/C14H18N2O3/c17-14(18)11-19-13-7-3-2-6-12(13)10-15-16-8-4-1-5-9-16/h2-3,6-7,10H,1,4-5,8-9,11H2,(H,17,18)/p-1/b15-10-. The van der Waals surface area contributed by atoms with Gasteiger partial charge in [-0.2, -0.15) is 5.10 Å². The smallest absolute Gasteiger partial charge is 0.128 e. The molecule has 1 aromatic rings. The molecule has 0 aliphatic carbocycles. The molecule has 2 rings (SSSR count). The molecule has 1 fully saturated rings. The molecule has 1 saturated heterocycles. The Morgan fingerprint density at radius 3 is 2.79 bits per heavy atom. The van der Waals surface area contributed by atoms with Gasteiger partial charge in [0.2, 0.25) is 0 Å². The molecule has 0 aromatic heterocycles. The number of carbonyl (C=O) groups excluding carboxylic acids is 1. The van der Waals surface area contributed by atoms with Crippen molar-refractivity contribution >= 4 is 12.2 Å². The Kier molecular flexibility index (Phi) is 4.78. The Hall–Kier alpha value is -2.04. The lowest BCUT2D eigenvalue weighted by Crippen LogP contribution is -2.29. The van der Waals surface area contributed by atoms with Gasteiger partial charge in [-0.1, -0.05) is 12.1 Å². The first-order valence-electron chi connectivity index (χ1n) is 6.46. The summed E-state index contributed by atoms with van der Waals surface area (Å²) in [5.74, 6) is -0.727. The number of carboxylic acid groups (broad SMARTS) is 1. The molecule has 1 aliphatic rings. The van der Waals surface area contributed by atoms with Crippen molar-refractivity contribution < 1.29 is 14.6 Å². The number of piperidine rings is 1. The van der Waals surface area contributed by atoms with Crippen molar-refractivity contribution in [3.63, 3.8) is 0 Å². The summed E-state index contributed by atoms with van der Waals surface area (Å²) in [5, 5.41) is 16.8. The SMILES string of the molecule is O=C([O-])COc1ccccc1/C=N\N1CCCCC1. The fraction of sp³-hybridized carbons (Fsp3) is 0.429. The first-order chi connectivity index (χ1) is 9.25. The number of nitrogens with zero attached hydrogens (tertiary/aromatic N) is 2. The van der Waals surface area contributed by atoms with Crippen LogP contribution in [0.4, 0.5) is 0 Å². The van der Waals surface area contributed by atoms with Crippen molar-refractivity contribution in [3.05, 3.63) is 29.8 Å². The summed E-state index contributed by atoms with van der Waals surface area (Å²) in [5.41, 5.74) is 0.773. The number of rotatable bonds is 5. The van der Waals surface area contributed by atoms with Crippen molar-refractivity contribution in [2.45, 2.75) is 19.3 Å². The Morgan fingerprint density at radius 1 is 1.32 bits per heavy atom. The molecule has 0 radical (unpaired) electrons. The van der Waals surface area contributed by atoms with Crippen molar-refractivity contribution in [2.24, 2.45) is 5.10 Å². The minimum Gasteiger partial charge on any atom is -0.546 e. The Morgan fingerprint density at radius 2 is 2.05 bits per heavy atom.